The molecule has 0 aromatic heterocycles. The summed E-state index contributed by atoms with van der Waals surface area (Å²) in [6.07, 6.45) is 7.96. The van der Waals surface area contributed by atoms with Gasteiger partial charge in [0.05, 0.1) is 12.8 Å². The van der Waals surface area contributed by atoms with Gasteiger partial charge in [-0.05, 0) is 89.1 Å². The van der Waals surface area contributed by atoms with Gasteiger partial charge in [0.15, 0.2) is 5.78 Å². The van der Waals surface area contributed by atoms with Crippen molar-refractivity contribution in [2.45, 2.75) is 13.3 Å². The third kappa shape index (κ3) is 2.95. The molecular weight excluding hydrogens is 414 g/mol. The number of hydrogen-bond acceptors (Lipinski definition) is 4. The van der Waals surface area contributed by atoms with Gasteiger partial charge >= 0.3 is 0 Å². The van der Waals surface area contributed by atoms with Crippen LogP contribution in [0.3, 0.4) is 0 Å². The molecular formula is C28H25NO4. The summed E-state index contributed by atoms with van der Waals surface area (Å²) in [6, 6.07) is 12.7. The number of methoxy groups -OCH3 is 1. The van der Waals surface area contributed by atoms with Crippen LogP contribution in [0.4, 0.5) is 5.69 Å². The Hall–Kier alpha value is -3.47. The molecule has 2 aromatic carbocycles. The van der Waals surface area contributed by atoms with Gasteiger partial charge < -0.3 is 4.74 Å². The van der Waals surface area contributed by atoms with E-state index in [1.165, 1.54) is 11.3 Å². The zero-order valence-electron chi connectivity index (χ0n) is 18.6. The minimum Gasteiger partial charge on any atom is -0.497 e. The van der Waals surface area contributed by atoms with Crippen LogP contribution in [0.25, 0.3) is 5.57 Å². The van der Waals surface area contributed by atoms with Gasteiger partial charge in [-0.25, -0.2) is 0 Å². The van der Waals surface area contributed by atoms with Crippen molar-refractivity contribution < 1.29 is 19.1 Å². The average molecular weight is 440 g/mol. The highest BCUT2D eigenvalue weighted by Crippen LogP contribution is 2.63. The van der Waals surface area contributed by atoms with Gasteiger partial charge in [0.2, 0.25) is 12.3 Å². The zero-order chi connectivity index (χ0) is 22.9. The number of ketones is 1. The van der Waals surface area contributed by atoms with E-state index in [9.17, 15) is 14.4 Å². The second-order valence-electron chi connectivity index (χ2n) is 9.68. The number of anilines is 1. The summed E-state index contributed by atoms with van der Waals surface area (Å²) in [5.74, 6) is 2.66. The first-order valence-corrected chi connectivity index (χ1v) is 11.5. The van der Waals surface area contributed by atoms with Gasteiger partial charge in [-0.3, -0.25) is 19.3 Å². The Balaban J connectivity index is 1.28. The largest absolute Gasteiger partial charge is 0.497 e. The number of carbonyl (C=O) groups is 3. The predicted octanol–water partition coefficient (Wildman–Crippen LogP) is 4.52. The SMILES string of the molecule is COc1ccc2c(c1)C(c1ccc(N(C=O)C(=O)C3C(C)C4C=CC3C3CC43)cc1)=CC2=O. The highest BCUT2D eigenvalue weighted by Gasteiger charge is 2.60. The molecule has 6 unspecified atom stereocenters. The monoisotopic (exact) mass is 439 g/mol. The van der Waals surface area contributed by atoms with Crippen LogP contribution in [-0.4, -0.2) is 25.2 Å². The molecule has 0 heterocycles. The lowest BCUT2D eigenvalue weighted by Gasteiger charge is -2.43. The van der Waals surface area contributed by atoms with E-state index in [0.29, 0.717) is 35.2 Å². The fourth-order valence-corrected chi connectivity index (χ4v) is 6.41. The first-order valence-electron chi connectivity index (χ1n) is 11.5. The van der Waals surface area contributed by atoms with Crippen LogP contribution in [0.15, 0.2) is 60.7 Å². The first kappa shape index (κ1) is 20.2. The van der Waals surface area contributed by atoms with E-state index in [1.807, 2.05) is 18.2 Å². The van der Waals surface area contributed by atoms with Crippen molar-refractivity contribution >= 4 is 29.4 Å². The number of carbonyl (C=O) groups excluding carboxylic acids is 3. The summed E-state index contributed by atoms with van der Waals surface area (Å²) in [7, 11) is 1.60. The summed E-state index contributed by atoms with van der Waals surface area (Å²) in [6.45, 7) is 2.15. The van der Waals surface area contributed by atoms with Crippen molar-refractivity contribution in [1.82, 2.24) is 0 Å². The molecule has 0 radical (unpaired) electrons. The van der Waals surface area contributed by atoms with Crippen molar-refractivity contribution in [3.8, 4) is 5.75 Å². The van der Waals surface area contributed by atoms with Gasteiger partial charge in [-0.15, -0.1) is 0 Å². The molecule has 2 fully saturated rings. The maximum atomic E-state index is 13.5. The number of imide groups is 1. The third-order valence-corrected chi connectivity index (χ3v) is 8.17. The Bertz CT molecular complexity index is 1240. The number of nitrogens with zero attached hydrogens (tertiary/aromatic N) is 1. The number of rotatable bonds is 5. The van der Waals surface area contributed by atoms with Crippen LogP contribution in [0.2, 0.25) is 0 Å². The van der Waals surface area contributed by atoms with Crippen molar-refractivity contribution in [3.63, 3.8) is 0 Å². The van der Waals surface area contributed by atoms with Gasteiger partial charge in [-0.1, -0.05) is 31.2 Å². The third-order valence-electron chi connectivity index (χ3n) is 8.17. The van der Waals surface area contributed by atoms with Gasteiger partial charge in [0, 0.05) is 11.5 Å². The molecule has 5 aliphatic carbocycles. The fraction of sp³-hybridized carbons (Fsp3) is 0.321. The minimum atomic E-state index is -0.150. The van der Waals surface area contributed by atoms with E-state index in [-0.39, 0.29) is 29.4 Å². The molecule has 5 aliphatic rings. The highest BCUT2D eigenvalue weighted by molar-refractivity contribution is 6.19. The summed E-state index contributed by atoms with van der Waals surface area (Å²) in [5.41, 5.74) is 3.69. The number of benzene rings is 2. The average Bonchev–Trinajstić information content (AvgIpc) is 3.59. The molecule has 2 aromatic rings. The minimum absolute atomic E-state index is 0.0378. The lowest BCUT2D eigenvalue weighted by molar-refractivity contribution is -0.129. The number of amides is 2. The lowest BCUT2D eigenvalue weighted by atomic mass is 9.62. The maximum absolute atomic E-state index is 13.5. The Morgan fingerprint density at radius 1 is 1.03 bits per heavy atom. The summed E-state index contributed by atoms with van der Waals surface area (Å²) in [4.78, 5) is 39.2. The molecule has 5 nitrogen and oxygen atoms in total. The lowest BCUT2D eigenvalue weighted by Crippen LogP contribution is -2.47. The Morgan fingerprint density at radius 3 is 2.48 bits per heavy atom. The van der Waals surface area contributed by atoms with Crippen molar-refractivity contribution in [1.29, 1.82) is 0 Å². The smallest absolute Gasteiger partial charge is 0.237 e. The Labute approximate surface area is 192 Å². The molecule has 2 saturated carbocycles. The molecule has 0 aliphatic heterocycles. The molecule has 5 heteroatoms. The Kier molecular flexibility index (Phi) is 4.44. The molecule has 7 rings (SSSR count). The predicted molar refractivity (Wildman–Crippen MR) is 125 cm³/mol. The summed E-state index contributed by atoms with van der Waals surface area (Å²) >= 11 is 0. The van der Waals surface area contributed by atoms with E-state index in [0.717, 1.165) is 22.6 Å². The molecule has 2 bridgehead atoms. The fourth-order valence-electron chi connectivity index (χ4n) is 6.41. The van der Waals surface area contributed by atoms with Crippen molar-refractivity contribution in [3.05, 3.63) is 77.4 Å². The molecule has 0 N–H and O–H groups in total. The van der Waals surface area contributed by atoms with E-state index in [4.69, 9.17) is 4.74 Å². The molecule has 0 saturated heterocycles. The molecule has 0 spiro atoms. The van der Waals surface area contributed by atoms with E-state index in [2.05, 4.69) is 19.1 Å². The molecule has 166 valence electrons. The van der Waals surface area contributed by atoms with Gasteiger partial charge in [0.1, 0.15) is 5.75 Å². The number of hydrogen-bond donors (Lipinski definition) is 0. The molecule has 2 amide bonds. The number of ether oxygens (including phenoxy) is 1. The van der Waals surface area contributed by atoms with Crippen LogP contribution < -0.4 is 9.64 Å². The zero-order valence-corrected chi connectivity index (χ0v) is 18.6. The van der Waals surface area contributed by atoms with E-state index in [1.54, 1.807) is 37.5 Å². The van der Waals surface area contributed by atoms with Crippen LogP contribution in [-0.2, 0) is 9.59 Å². The van der Waals surface area contributed by atoms with Gasteiger partial charge in [0.25, 0.3) is 0 Å². The Morgan fingerprint density at radius 2 is 1.76 bits per heavy atom. The van der Waals surface area contributed by atoms with E-state index < -0.39 is 0 Å². The normalized spacial score (nSPS) is 30.4. The second-order valence-corrected chi connectivity index (χ2v) is 9.68. The van der Waals surface area contributed by atoms with Crippen LogP contribution in [0.1, 0.15) is 34.8 Å². The molecule has 33 heavy (non-hydrogen) atoms. The highest BCUT2D eigenvalue weighted by atomic mass is 16.5. The topological polar surface area (TPSA) is 63.7 Å². The van der Waals surface area contributed by atoms with Crippen LogP contribution in [0.5, 0.6) is 5.75 Å². The quantitative estimate of drug-likeness (QED) is 0.508. The van der Waals surface area contributed by atoms with Crippen LogP contribution >= 0.6 is 0 Å². The van der Waals surface area contributed by atoms with Crippen LogP contribution in [0, 0.1) is 35.5 Å². The number of allylic oxidation sites excluding steroid dienone is 3. The van der Waals surface area contributed by atoms with Crippen molar-refractivity contribution in [2.75, 3.05) is 12.0 Å². The number of fused-ring (bicyclic) bond motifs is 2. The molecule has 6 atom stereocenters. The summed E-state index contributed by atoms with van der Waals surface area (Å²) < 4.78 is 5.32. The first-order chi connectivity index (χ1) is 16.0. The van der Waals surface area contributed by atoms with Gasteiger partial charge in [-0.2, -0.15) is 0 Å². The van der Waals surface area contributed by atoms with E-state index >= 15 is 0 Å². The maximum Gasteiger partial charge on any atom is 0.237 e. The standard InChI is InChI=1S/C28H25NO4/c1-15-19-9-10-21(25-12-24(19)25)27(15)28(32)29(14-30)17-5-3-16(4-6-17)22-13-26(31)20-8-7-18(33-2)11-23(20)22/h3-11,13-15,19,21,24-25,27H,12H2,1-2H3. The van der Waals surface area contributed by atoms with Crippen molar-refractivity contribution in [2.24, 2.45) is 35.5 Å². The summed E-state index contributed by atoms with van der Waals surface area (Å²) in [5, 5.41) is 0. The second kappa shape index (κ2) is 7.27.